The molecule has 0 radical (unpaired) electrons. The van der Waals surface area contributed by atoms with Gasteiger partial charge in [-0.1, -0.05) is 11.8 Å². The van der Waals surface area contributed by atoms with Gasteiger partial charge >= 0.3 is 18.9 Å². The van der Waals surface area contributed by atoms with Gasteiger partial charge in [0.15, 0.2) is 0 Å². The molecule has 0 aliphatic rings. The molecule has 0 aromatic heterocycles. The molecule has 0 aliphatic carbocycles. The number of hydrogen-bond acceptors (Lipinski definition) is 3. The van der Waals surface area contributed by atoms with Gasteiger partial charge in [-0.05, 0) is 13.8 Å². The van der Waals surface area contributed by atoms with Gasteiger partial charge < -0.3 is 17.8 Å². The smallest absolute Gasteiger partial charge is 0.410 e. The zero-order chi connectivity index (χ0) is 8.91. The molecule has 12 heavy (non-hydrogen) atoms. The van der Waals surface area contributed by atoms with Gasteiger partial charge in [0.1, 0.15) is 6.49 Å². The maximum absolute atomic E-state index is 12.1. The summed E-state index contributed by atoms with van der Waals surface area (Å²) in [6.45, 7) is 0.121. The first-order valence-electron chi connectivity index (χ1n) is 3.14. The maximum atomic E-state index is 12.1. The van der Waals surface area contributed by atoms with Crippen LogP contribution in [0.4, 0.5) is 8.78 Å². The van der Waals surface area contributed by atoms with Crippen LogP contribution in [0.1, 0.15) is 13.8 Å². The van der Waals surface area contributed by atoms with Gasteiger partial charge in [0, 0.05) is 13.2 Å². The van der Waals surface area contributed by atoms with Gasteiger partial charge in [-0.2, -0.15) is 0 Å². The Morgan fingerprint density at radius 3 is 1.75 bits per heavy atom. The zero-order valence-corrected chi connectivity index (χ0v) is 9.05. The van der Waals surface area contributed by atoms with Crippen molar-refractivity contribution in [1.82, 2.24) is 0 Å². The second-order valence-corrected chi connectivity index (χ2v) is 4.87. The molecule has 7 heteroatoms. The van der Waals surface area contributed by atoms with E-state index in [2.05, 4.69) is 20.9 Å². The van der Waals surface area contributed by atoms with Crippen molar-refractivity contribution in [2.24, 2.45) is 0 Å². The second kappa shape index (κ2) is 7.43. The summed E-state index contributed by atoms with van der Waals surface area (Å²) in [5.74, 6) is 0. The van der Waals surface area contributed by atoms with Gasteiger partial charge in [-0.3, -0.25) is 0 Å². The molecular formula is C5H10F2LiO2PS. The zero-order valence-electron chi connectivity index (χ0n) is 7.34. The van der Waals surface area contributed by atoms with Crippen LogP contribution in [0.2, 0.25) is 0 Å². The van der Waals surface area contributed by atoms with Crippen LogP contribution in [0.15, 0.2) is 0 Å². The first-order valence-corrected chi connectivity index (χ1v) is 5.78. The van der Waals surface area contributed by atoms with E-state index in [0.29, 0.717) is 0 Å². The Morgan fingerprint density at radius 1 is 1.25 bits per heavy atom. The second-order valence-electron chi connectivity index (χ2n) is 1.57. The van der Waals surface area contributed by atoms with Crippen LogP contribution in [0.3, 0.4) is 0 Å². The van der Waals surface area contributed by atoms with Crippen molar-refractivity contribution in [3.63, 3.8) is 0 Å². The predicted octanol–water partition coefficient (Wildman–Crippen LogP) is -0.241. The molecule has 2 nitrogen and oxygen atoms in total. The molecule has 0 rings (SSSR count). The van der Waals surface area contributed by atoms with Crippen molar-refractivity contribution < 1.29 is 36.7 Å². The molecule has 0 aliphatic heterocycles. The van der Waals surface area contributed by atoms with E-state index < -0.39 is 12.7 Å². The SMILES string of the molecule is CCOP(=S)(OCC)[C-](F)F.[Li+]. The molecule has 0 aromatic rings. The third-order valence-corrected chi connectivity index (χ3v) is 3.46. The van der Waals surface area contributed by atoms with Crippen molar-refractivity contribution in [1.29, 1.82) is 0 Å². The molecule has 0 amide bonds. The summed E-state index contributed by atoms with van der Waals surface area (Å²) in [5.41, 5.74) is 0. The Bertz CT molecular complexity index is 148. The van der Waals surface area contributed by atoms with Gasteiger partial charge in [-0.25, -0.2) is 0 Å². The molecule has 0 aromatic carbocycles. The average Bonchev–Trinajstić information content (AvgIpc) is 1.88. The van der Waals surface area contributed by atoms with E-state index in [-0.39, 0.29) is 32.1 Å². The fourth-order valence-electron chi connectivity index (χ4n) is 0.475. The normalized spacial score (nSPS) is 11.4. The minimum absolute atomic E-state index is 0. The van der Waals surface area contributed by atoms with E-state index in [1.165, 1.54) is 0 Å². The van der Waals surface area contributed by atoms with Crippen molar-refractivity contribution in [3.05, 3.63) is 6.17 Å². The third kappa shape index (κ3) is 4.91. The summed E-state index contributed by atoms with van der Waals surface area (Å²) in [4.78, 5) is 0. The molecule has 0 spiro atoms. The Labute approximate surface area is 88.3 Å². The van der Waals surface area contributed by atoms with Gasteiger partial charge in [0.25, 0.3) is 0 Å². The monoisotopic (exact) mass is 210 g/mol. The number of hydrogen-bond donors (Lipinski definition) is 0. The summed E-state index contributed by atoms with van der Waals surface area (Å²) in [7, 11) is 0. The molecule has 68 valence electrons. The van der Waals surface area contributed by atoms with Crippen molar-refractivity contribution in [2.75, 3.05) is 13.2 Å². The van der Waals surface area contributed by atoms with Gasteiger partial charge in [0.2, 0.25) is 0 Å². The molecule has 0 N–H and O–H groups in total. The van der Waals surface area contributed by atoms with E-state index in [1.54, 1.807) is 13.8 Å². The molecule has 0 atom stereocenters. The van der Waals surface area contributed by atoms with Crippen LogP contribution in [0.5, 0.6) is 0 Å². The van der Waals surface area contributed by atoms with Crippen molar-refractivity contribution >= 4 is 18.3 Å². The summed E-state index contributed by atoms with van der Waals surface area (Å²) < 4.78 is 33.4. The van der Waals surface area contributed by atoms with E-state index >= 15 is 0 Å². The van der Waals surface area contributed by atoms with Gasteiger partial charge in [0.05, 0.1) is 6.17 Å². The molecule has 0 saturated carbocycles. The number of halogens is 2. The van der Waals surface area contributed by atoms with Crippen LogP contribution in [-0.4, -0.2) is 13.2 Å². The molecule has 0 bridgehead atoms. The minimum atomic E-state index is -3.37. The maximum Gasteiger partial charge on any atom is 1.00 e. The van der Waals surface area contributed by atoms with Crippen LogP contribution >= 0.6 is 6.49 Å². The Balaban J connectivity index is 0. The molecule has 0 heterocycles. The molecule has 0 saturated heterocycles. The Kier molecular flexibility index (Phi) is 9.60. The third-order valence-electron chi connectivity index (χ3n) is 0.805. The van der Waals surface area contributed by atoms with Crippen LogP contribution in [0, 0.1) is 6.17 Å². The Morgan fingerprint density at radius 2 is 1.58 bits per heavy atom. The fourth-order valence-corrected chi connectivity index (χ4v) is 2.06. The number of rotatable bonds is 5. The van der Waals surface area contributed by atoms with Crippen LogP contribution in [0.25, 0.3) is 0 Å². The fraction of sp³-hybridized carbons (Fsp3) is 0.800. The Hall–Kier alpha value is 1.03. The van der Waals surface area contributed by atoms with E-state index in [1.807, 2.05) is 0 Å². The van der Waals surface area contributed by atoms with E-state index in [9.17, 15) is 8.78 Å². The van der Waals surface area contributed by atoms with Crippen LogP contribution < -0.4 is 18.9 Å². The molecule has 0 unspecified atom stereocenters. The summed E-state index contributed by atoms with van der Waals surface area (Å²) in [5, 5.41) is 0. The summed E-state index contributed by atoms with van der Waals surface area (Å²) >= 11 is 4.50. The minimum Gasteiger partial charge on any atom is -0.410 e. The van der Waals surface area contributed by atoms with E-state index in [4.69, 9.17) is 0 Å². The molecular weight excluding hydrogens is 200 g/mol. The first kappa shape index (κ1) is 15.5. The van der Waals surface area contributed by atoms with Gasteiger partial charge in [-0.15, -0.1) is 0 Å². The predicted molar refractivity (Wildman–Crippen MR) is 43.0 cm³/mol. The average molecular weight is 210 g/mol. The summed E-state index contributed by atoms with van der Waals surface area (Å²) in [6, 6.07) is 0. The topological polar surface area (TPSA) is 18.5 Å². The quantitative estimate of drug-likeness (QED) is 0.354. The van der Waals surface area contributed by atoms with Crippen LogP contribution in [-0.2, 0) is 20.9 Å². The van der Waals surface area contributed by atoms with Crippen molar-refractivity contribution in [2.45, 2.75) is 13.8 Å². The van der Waals surface area contributed by atoms with E-state index in [0.717, 1.165) is 0 Å². The standard InChI is InChI=1S/C5H10F2O2PS.Li/c1-3-8-10(11,5(6)7)9-4-2;/h3-4H2,1-2H3;/q-1;+1. The first-order chi connectivity index (χ1) is 5.06. The molecule has 0 fully saturated rings. The largest absolute Gasteiger partial charge is 1.00 e. The van der Waals surface area contributed by atoms with Crippen molar-refractivity contribution in [3.8, 4) is 0 Å². The summed E-state index contributed by atoms with van der Waals surface area (Å²) in [6.07, 6.45) is -1.92.